The van der Waals surface area contributed by atoms with E-state index < -0.39 is 0 Å². The van der Waals surface area contributed by atoms with Gasteiger partial charge >= 0.3 is 0 Å². The summed E-state index contributed by atoms with van der Waals surface area (Å²) < 4.78 is 5.72. The van der Waals surface area contributed by atoms with E-state index in [0.717, 1.165) is 24.9 Å². The molecule has 0 bridgehead atoms. The molecule has 0 aliphatic heterocycles. The maximum atomic E-state index is 5.72. The van der Waals surface area contributed by atoms with Crippen molar-refractivity contribution in [1.29, 1.82) is 0 Å². The molecule has 0 radical (unpaired) electrons. The van der Waals surface area contributed by atoms with Crippen LogP contribution in [0.2, 0.25) is 0 Å². The van der Waals surface area contributed by atoms with Gasteiger partial charge in [0.05, 0.1) is 12.2 Å². The lowest BCUT2D eigenvalue weighted by Gasteiger charge is -2.19. The van der Waals surface area contributed by atoms with Crippen molar-refractivity contribution in [2.75, 3.05) is 12.4 Å². The Morgan fingerprint density at radius 2 is 1.89 bits per heavy atom. The van der Waals surface area contributed by atoms with Gasteiger partial charge in [-0.15, -0.1) is 11.8 Å². The molecule has 1 aliphatic rings. The van der Waals surface area contributed by atoms with E-state index in [4.69, 9.17) is 4.74 Å². The quantitative estimate of drug-likeness (QED) is 0.605. The molecule has 19 heavy (non-hydrogen) atoms. The minimum Gasteiger partial charge on any atom is -0.375 e. The summed E-state index contributed by atoms with van der Waals surface area (Å²) in [5, 5.41) is 3.53. The summed E-state index contributed by atoms with van der Waals surface area (Å²) in [5.41, 5.74) is 1.35. The Labute approximate surface area is 121 Å². The van der Waals surface area contributed by atoms with Crippen molar-refractivity contribution < 1.29 is 4.74 Å². The second-order valence-corrected chi connectivity index (χ2v) is 7.28. The molecule has 0 amide bonds. The highest BCUT2D eigenvalue weighted by Crippen LogP contribution is 2.21. The molecule has 0 aromatic heterocycles. The minimum absolute atomic E-state index is 0.0289. The Hall–Kier alpha value is -0.510. The van der Waals surface area contributed by atoms with Gasteiger partial charge in [-0.3, -0.25) is 0 Å². The van der Waals surface area contributed by atoms with Crippen molar-refractivity contribution in [2.45, 2.75) is 56.7 Å². The predicted molar refractivity (Wildman–Crippen MR) is 82.7 cm³/mol. The van der Waals surface area contributed by atoms with E-state index in [1.807, 2.05) is 11.8 Å². The Balaban J connectivity index is 1.66. The highest BCUT2D eigenvalue weighted by atomic mass is 32.2. The standard InChI is InChI=1S/C16H25NOS/c1-16(2,3)18-10-11-19-15-8-4-13(5-9-15)12-17-14-6-7-14/h4-5,8-9,14,17H,6-7,10-12H2,1-3H3. The Bertz CT molecular complexity index is 379. The van der Waals surface area contributed by atoms with Crippen molar-refractivity contribution >= 4 is 11.8 Å². The molecule has 2 rings (SSSR count). The normalized spacial score (nSPS) is 15.7. The zero-order valence-electron chi connectivity index (χ0n) is 12.2. The molecule has 106 valence electrons. The highest BCUT2D eigenvalue weighted by molar-refractivity contribution is 7.99. The molecule has 0 unspecified atom stereocenters. The first kappa shape index (κ1) is 14.9. The first-order chi connectivity index (χ1) is 9.03. The summed E-state index contributed by atoms with van der Waals surface area (Å²) in [6, 6.07) is 9.66. The van der Waals surface area contributed by atoms with Gasteiger partial charge in [0, 0.05) is 23.2 Å². The number of benzene rings is 1. The van der Waals surface area contributed by atoms with Crippen LogP contribution in [0.3, 0.4) is 0 Å². The van der Waals surface area contributed by atoms with Crippen LogP contribution < -0.4 is 5.32 Å². The Kier molecular flexibility index (Phi) is 5.31. The number of hydrogen-bond donors (Lipinski definition) is 1. The maximum absolute atomic E-state index is 5.72. The Morgan fingerprint density at radius 1 is 1.21 bits per heavy atom. The lowest BCUT2D eigenvalue weighted by Crippen LogP contribution is -2.20. The van der Waals surface area contributed by atoms with E-state index in [9.17, 15) is 0 Å². The van der Waals surface area contributed by atoms with E-state index >= 15 is 0 Å². The third kappa shape index (κ3) is 6.46. The van der Waals surface area contributed by atoms with E-state index in [1.165, 1.54) is 23.3 Å². The van der Waals surface area contributed by atoms with Gasteiger partial charge in [-0.05, 0) is 51.3 Å². The van der Waals surface area contributed by atoms with Crippen LogP contribution in [0, 0.1) is 0 Å². The molecular weight excluding hydrogens is 254 g/mol. The van der Waals surface area contributed by atoms with Gasteiger partial charge in [-0.25, -0.2) is 0 Å². The van der Waals surface area contributed by atoms with Crippen LogP contribution in [0.4, 0.5) is 0 Å². The summed E-state index contributed by atoms with van der Waals surface area (Å²) in [6.45, 7) is 8.10. The summed E-state index contributed by atoms with van der Waals surface area (Å²) in [6.07, 6.45) is 2.70. The fourth-order valence-corrected chi connectivity index (χ4v) is 2.49. The van der Waals surface area contributed by atoms with Crippen LogP contribution in [0.5, 0.6) is 0 Å². The van der Waals surface area contributed by atoms with Crippen LogP contribution in [-0.2, 0) is 11.3 Å². The fourth-order valence-electron chi connectivity index (χ4n) is 1.76. The minimum atomic E-state index is -0.0289. The molecule has 1 N–H and O–H groups in total. The van der Waals surface area contributed by atoms with E-state index in [1.54, 1.807) is 0 Å². The van der Waals surface area contributed by atoms with E-state index in [0.29, 0.717) is 0 Å². The average molecular weight is 279 g/mol. The third-order valence-corrected chi connectivity index (χ3v) is 3.96. The van der Waals surface area contributed by atoms with Gasteiger partial charge in [0.15, 0.2) is 0 Å². The zero-order valence-corrected chi connectivity index (χ0v) is 13.1. The third-order valence-electron chi connectivity index (χ3n) is 2.98. The summed E-state index contributed by atoms with van der Waals surface area (Å²) in [7, 11) is 0. The predicted octanol–water partition coefficient (Wildman–Crippen LogP) is 3.85. The largest absolute Gasteiger partial charge is 0.375 e. The van der Waals surface area contributed by atoms with Gasteiger partial charge in [0.25, 0.3) is 0 Å². The summed E-state index contributed by atoms with van der Waals surface area (Å²) in [5.74, 6) is 1.01. The molecule has 3 heteroatoms. The van der Waals surface area contributed by atoms with Gasteiger partial charge < -0.3 is 10.1 Å². The van der Waals surface area contributed by atoms with Crippen molar-refractivity contribution in [3.05, 3.63) is 29.8 Å². The molecule has 0 heterocycles. The lowest BCUT2D eigenvalue weighted by molar-refractivity contribution is 0.00695. The summed E-state index contributed by atoms with van der Waals surface area (Å²) in [4.78, 5) is 1.33. The van der Waals surface area contributed by atoms with E-state index in [2.05, 4.69) is 50.4 Å². The van der Waals surface area contributed by atoms with Crippen LogP contribution >= 0.6 is 11.8 Å². The molecule has 0 saturated heterocycles. The number of thioether (sulfide) groups is 1. The molecule has 0 spiro atoms. The monoisotopic (exact) mass is 279 g/mol. The first-order valence-electron chi connectivity index (χ1n) is 7.12. The smallest absolute Gasteiger partial charge is 0.0598 e. The molecule has 1 aromatic rings. The van der Waals surface area contributed by atoms with Crippen LogP contribution in [0.25, 0.3) is 0 Å². The van der Waals surface area contributed by atoms with Crippen molar-refractivity contribution in [2.24, 2.45) is 0 Å². The molecule has 1 aromatic carbocycles. The molecule has 2 nitrogen and oxygen atoms in total. The zero-order chi connectivity index (χ0) is 13.7. The van der Waals surface area contributed by atoms with Gasteiger partial charge in [-0.1, -0.05) is 12.1 Å². The molecule has 1 fully saturated rings. The summed E-state index contributed by atoms with van der Waals surface area (Å²) >= 11 is 1.86. The lowest BCUT2D eigenvalue weighted by atomic mass is 10.2. The second kappa shape index (κ2) is 6.78. The number of rotatable bonds is 7. The van der Waals surface area contributed by atoms with Gasteiger partial charge in [0.1, 0.15) is 0 Å². The molecule has 1 aliphatic carbocycles. The molecule has 0 atom stereocenters. The van der Waals surface area contributed by atoms with Crippen LogP contribution in [0.15, 0.2) is 29.2 Å². The van der Waals surface area contributed by atoms with Crippen molar-refractivity contribution in [3.63, 3.8) is 0 Å². The topological polar surface area (TPSA) is 21.3 Å². The maximum Gasteiger partial charge on any atom is 0.0598 e. The van der Waals surface area contributed by atoms with E-state index in [-0.39, 0.29) is 5.60 Å². The number of nitrogens with one attached hydrogen (secondary N) is 1. The number of ether oxygens (including phenoxy) is 1. The van der Waals surface area contributed by atoms with Gasteiger partial charge in [-0.2, -0.15) is 0 Å². The van der Waals surface area contributed by atoms with Crippen LogP contribution in [0.1, 0.15) is 39.2 Å². The Morgan fingerprint density at radius 3 is 2.47 bits per heavy atom. The number of hydrogen-bond acceptors (Lipinski definition) is 3. The van der Waals surface area contributed by atoms with Gasteiger partial charge in [0.2, 0.25) is 0 Å². The SMILES string of the molecule is CC(C)(C)OCCSc1ccc(CNC2CC2)cc1. The second-order valence-electron chi connectivity index (χ2n) is 6.11. The average Bonchev–Trinajstić information content (AvgIpc) is 3.16. The molecule has 1 saturated carbocycles. The van der Waals surface area contributed by atoms with Crippen LogP contribution in [-0.4, -0.2) is 24.0 Å². The van der Waals surface area contributed by atoms with Crippen molar-refractivity contribution in [1.82, 2.24) is 5.32 Å². The highest BCUT2D eigenvalue weighted by Gasteiger charge is 2.19. The fraction of sp³-hybridized carbons (Fsp3) is 0.625. The van der Waals surface area contributed by atoms with Crippen molar-refractivity contribution in [3.8, 4) is 0 Å². The molecular formula is C16H25NOS. The first-order valence-corrected chi connectivity index (χ1v) is 8.10.